The van der Waals surface area contributed by atoms with Crippen LogP contribution in [-0.4, -0.2) is 17.6 Å². The molecule has 1 aromatic heterocycles. The summed E-state index contributed by atoms with van der Waals surface area (Å²) in [5.41, 5.74) is 0. The minimum Gasteiger partial charge on any atom is -0.466 e. The number of carbonyl (C=O) groups is 1. The molecule has 0 aliphatic carbocycles. The van der Waals surface area contributed by atoms with Gasteiger partial charge in [0.15, 0.2) is 0 Å². The summed E-state index contributed by atoms with van der Waals surface area (Å²) in [5.74, 6) is -0.223. The molecule has 14 heavy (non-hydrogen) atoms. The second kappa shape index (κ2) is 7.94. The Morgan fingerprint density at radius 2 is 2.29 bits per heavy atom. The third-order valence-corrected chi connectivity index (χ3v) is 2.60. The van der Waals surface area contributed by atoms with Crippen LogP contribution in [0.3, 0.4) is 0 Å². The van der Waals surface area contributed by atoms with E-state index in [1.54, 1.807) is 13.1 Å². The second-order valence-corrected chi connectivity index (χ2v) is 4.53. The molecule has 0 fully saturated rings. The minimum atomic E-state index is -0.223. The van der Waals surface area contributed by atoms with Crippen LogP contribution in [0.1, 0.15) is 25.8 Å². The number of esters is 1. The fourth-order valence-corrected chi connectivity index (χ4v) is 1.99. The molecule has 1 heterocycles. The number of nitrogens with zero attached hydrogens (tertiary/aromatic N) is 1. The highest BCUT2D eigenvalue weighted by Gasteiger charge is 2.06. The van der Waals surface area contributed by atoms with Gasteiger partial charge in [-0.25, -0.2) is 4.98 Å². The highest BCUT2D eigenvalue weighted by molar-refractivity contribution is 9.11. The SMILES string of the molecule is CC.CCOC(=O)Cc1ncc(Br)s1. The first kappa shape index (κ1) is 13.6. The molecule has 0 bridgehead atoms. The lowest BCUT2D eigenvalue weighted by atomic mass is 10.4. The molecule has 0 radical (unpaired) electrons. The first-order valence-corrected chi connectivity index (χ1v) is 6.09. The van der Waals surface area contributed by atoms with Crippen molar-refractivity contribution in [2.24, 2.45) is 0 Å². The molecule has 0 aliphatic heterocycles. The highest BCUT2D eigenvalue weighted by Crippen LogP contribution is 2.19. The zero-order chi connectivity index (χ0) is 11.0. The summed E-state index contributed by atoms with van der Waals surface area (Å²) >= 11 is 4.71. The Hall–Kier alpha value is -0.420. The molecule has 0 N–H and O–H groups in total. The maximum absolute atomic E-state index is 11.0. The van der Waals surface area contributed by atoms with Crippen molar-refractivity contribution in [3.8, 4) is 0 Å². The molecule has 0 unspecified atom stereocenters. The van der Waals surface area contributed by atoms with Crippen LogP contribution in [0.5, 0.6) is 0 Å². The summed E-state index contributed by atoms with van der Waals surface area (Å²) in [5, 5.41) is 0.778. The topological polar surface area (TPSA) is 39.2 Å². The summed E-state index contributed by atoms with van der Waals surface area (Å²) in [6, 6.07) is 0. The Kier molecular flexibility index (Phi) is 7.70. The standard InChI is InChI=1S/C7H8BrNO2S.C2H6/c1-2-11-7(10)3-6-9-4-5(8)12-6;1-2/h4H,2-3H2,1H3;1-2H3. The number of aromatic nitrogens is 1. The zero-order valence-electron chi connectivity index (χ0n) is 8.54. The van der Waals surface area contributed by atoms with Crippen molar-refractivity contribution in [2.45, 2.75) is 27.2 Å². The van der Waals surface area contributed by atoms with Crippen LogP contribution >= 0.6 is 27.3 Å². The van der Waals surface area contributed by atoms with Crippen molar-refractivity contribution in [1.82, 2.24) is 4.98 Å². The third-order valence-electron chi connectivity index (χ3n) is 1.13. The van der Waals surface area contributed by atoms with Gasteiger partial charge in [0.25, 0.3) is 0 Å². The van der Waals surface area contributed by atoms with Crippen molar-refractivity contribution >= 4 is 33.2 Å². The highest BCUT2D eigenvalue weighted by atomic mass is 79.9. The number of halogens is 1. The summed E-state index contributed by atoms with van der Waals surface area (Å²) in [6.07, 6.45) is 1.95. The summed E-state index contributed by atoms with van der Waals surface area (Å²) in [7, 11) is 0. The minimum absolute atomic E-state index is 0.223. The zero-order valence-corrected chi connectivity index (χ0v) is 10.9. The Morgan fingerprint density at radius 3 is 2.71 bits per heavy atom. The lowest BCUT2D eigenvalue weighted by molar-refractivity contribution is -0.142. The van der Waals surface area contributed by atoms with Crippen LogP contribution in [0.4, 0.5) is 0 Å². The van der Waals surface area contributed by atoms with Gasteiger partial charge in [-0.05, 0) is 22.9 Å². The van der Waals surface area contributed by atoms with Crippen LogP contribution in [0, 0.1) is 0 Å². The first-order valence-electron chi connectivity index (χ1n) is 4.48. The largest absolute Gasteiger partial charge is 0.466 e. The summed E-state index contributed by atoms with van der Waals surface area (Å²) in [6.45, 7) is 6.21. The van der Waals surface area contributed by atoms with E-state index in [9.17, 15) is 4.79 Å². The van der Waals surface area contributed by atoms with Crippen LogP contribution in [-0.2, 0) is 16.0 Å². The van der Waals surface area contributed by atoms with Crippen molar-refractivity contribution in [3.05, 3.63) is 15.0 Å². The van der Waals surface area contributed by atoms with E-state index in [1.165, 1.54) is 11.3 Å². The van der Waals surface area contributed by atoms with Gasteiger partial charge in [0.05, 0.1) is 23.0 Å². The Balaban J connectivity index is 0.000000791. The predicted molar refractivity (Wildman–Crippen MR) is 61.5 cm³/mol. The molecule has 1 aromatic rings. The maximum atomic E-state index is 11.0. The molecular weight excluding hydrogens is 266 g/mol. The molecule has 80 valence electrons. The molecule has 0 aromatic carbocycles. The second-order valence-electron chi connectivity index (χ2n) is 2.04. The molecule has 0 saturated heterocycles. The van der Waals surface area contributed by atoms with E-state index in [4.69, 9.17) is 4.74 Å². The van der Waals surface area contributed by atoms with Crippen molar-refractivity contribution in [2.75, 3.05) is 6.61 Å². The first-order chi connectivity index (χ1) is 6.72. The Labute approximate surface area is 96.6 Å². The number of hydrogen-bond acceptors (Lipinski definition) is 4. The molecule has 0 aliphatic rings. The molecular formula is C9H14BrNO2S. The fraction of sp³-hybridized carbons (Fsp3) is 0.556. The fourth-order valence-electron chi connectivity index (χ4n) is 0.705. The molecule has 1 rings (SSSR count). The number of hydrogen-bond donors (Lipinski definition) is 0. The molecule has 0 saturated carbocycles. The smallest absolute Gasteiger partial charge is 0.312 e. The molecule has 0 spiro atoms. The average Bonchev–Trinajstić information content (AvgIpc) is 2.55. The summed E-state index contributed by atoms with van der Waals surface area (Å²) in [4.78, 5) is 15.0. The van der Waals surface area contributed by atoms with Crippen molar-refractivity contribution < 1.29 is 9.53 Å². The van der Waals surface area contributed by atoms with Crippen molar-refractivity contribution in [1.29, 1.82) is 0 Å². The lowest BCUT2D eigenvalue weighted by Gasteiger charge is -1.97. The monoisotopic (exact) mass is 279 g/mol. The van der Waals surface area contributed by atoms with Crippen LogP contribution in [0.2, 0.25) is 0 Å². The van der Waals surface area contributed by atoms with E-state index in [-0.39, 0.29) is 12.4 Å². The van der Waals surface area contributed by atoms with Gasteiger partial charge in [-0.1, -0.05) is 13.8 Å². The molecule has 3 nitrogen and oxygen atoms in total. The van der Waals surface area contributed by atoms with Gasteiger partial charge in [0.2, 0.25) is 0 Å². The van der Waals surface area contributed by atoms with Crippen LogP contribution < -0.4 is 0 Å². The number of thiazole rings is 1. The van der Waals surface area contributed by atoms with E-state index >= 15 is 0 Å². The van der Waals surface area contributed by atoms with Gasteiger partial charge in [-0.3, -0.25) is 4.79 Å². The van der Waals surface area contributed by atoms with Gasteiger partial charge in [0, 0.05) is 0 Å². The number of carbonyl (C=O) groups excluding carboxylic acids is 1. The number of ether oxygens (including phenoxy) is 1. The molecule has 0 amide bonds. The quantitative estimate of drug-likeness (QED) is 0.799. The van der Waals surface area contributed by atoms with Gasteiger partial charge in [0.1, 0.15) is 5.01 Å². The van der Waals surface area contributed by atoms with Gasteiger partial charge in [-0.15, -0.1) is 11.3 Å². The maximum Gasteiger partial charge on any atom is 0.312 e. The van der Waals surface area contributed by atoms with Crippen LogP contribution in [0.15, 0.2) is 9.98 Å². The van der Waals surface area contributed by atoms with Gasteiger partial charge in [-0.2, -0.15) is 0 Å². The molecule has 0 atom stereocenters. The predicted octanol–water partition coefficient (Wildman–Crippen LogP) is 3.04. The lowest BCUT2D eigenvalue weighted by Crippen LogP contribution is -2.06. The van der Waals surface area contributed by atoms with Crippen molar-refractivity contribution in [3.63, 3.8) is 0 Å². The normalized spacial score (nSPS) is 8.86. The van der Waals surface area contributed by atoms with Crippen LogP contribution in [0.25, 0.3) is 0 Å². The molecule has 5 heteroatoms. The summed E-state index contributed by atoms with van der Waals surface area (Å²) < 4.78 is 5.70. The van der Waals surface area contributed by atoms with E-state index in [1.807, 2.05) is 13.8 Å². The third kappa shape index (κ3) is 5.34. The van der Waals surface area contributed by atoms with E-state index in [2.05, 4.69) is 20.9 Å². The van der Waals surface area contributed by atoms with E-state index < -0.39 is 0 Å². The average molecular weight is 280 g/mol. The Bertz CT molecular complexity index is 276. The number of rotatable bonds is 3. The van der Waals surface area contributed by atoms with E-state index in [0.29, 0.717) is 6.61 Å². The van der Waals surface area contributed by atoms with Gasteiger partial charge >= 0.3 is 5.97 Å². The Morgan fingerprint density at radius 1 is 1.64 bits per heavy atom. The van der Waals surface area contributed by atoms with E-state index in [0.717, 1.165) is 8.79 Å². The van der Waals surface area contributed by atoms with Gasteiger partial charge < -0.3 is 4.74 Å².